The summed E-state index contributed by atoms with van der Waals surface area (Å²) >= 11 is 7.15. The SMILES string of the molecule is CCOc1cc(Cl)c(/C=C2/SC(=O)N(CC(=O)N3CCCC3)C2=O)cc1OCC. The number of benzene rings is 1. The van der Waals surface area contributed by atoms with Gasteiger partial charge in [0.15, 0.2) is 11.5 Å². The van der Waals surface area contributed by atoms with Crippen molar-refractivity contribution in [1.82, 2.24) is 9.80 Å². The van der Waals surface area contributed by atoms with Crippen molar-refractivity contribution in [1.29, 1.82) is 0 Å². The first kappa shape index (κ1) is 21.5. The van der Waals surface area contributed by atoms with Gasteiger partial charge in [-0.2, -0.15) is 0 Å². The Balaban J connectivity index is 1.81. The van der Waals surface area contributed by atoms with Crippen LogP contribution in [-0.2, 0) is 9.59 Å². The normalized spacial score (nSPS) is 18.1. The molecule has 0 saturated carbocycles. The fourth-order valence-corrected chi connectivity index (χ4v) is 4.21. The van der Waals surface area contributed by atoms with E-state index in [-0.39, 0.29) is 17.4 Å². The first-order chi connectivity index (χ1) is 13.9. The molecule has 0 atom stereocenters. The van der Waals surface area contributed by atoms with E-state index in [0.29, 0.717) is 48.4 Å². The van der Waals surface area contributed by atoms with Crippen LogP contribution in [0.2, 0.25) is 5.02 Å². The highest BCUT2D eigenvalue weighted by atomic mass is 35.5. The van der Waals surface area contributed by atoms with Crippen molar-refractivity contribution in [2.75, 3.05) is 32.8 Å². The van der Waals surface area contributed by atoms with Gasteiger partial charge in [0.2, 0.25) is 5.91 Å². The zero-order valence-corrected chi connectivity index (χ0v) is 18.0. The van der Waals surface area contributed by atoms with Crippen molar-refractivity contribution in [3.05, 3.63) is 27.6 Å². The molecule has 9 heteroatoms. The molecule has 0 spiro atoms. The number of hydrogen-bond donors (Lipinski definition) is 0. The number of hydrogen-bond acceptors (Lipinski definition) is 6. The minimum Gasteiger partial charge on any atom is -0.490 e. The molecule has 0 unspecified atom stereocenters. The van der Waals surface area contributed by atoms with Gasteiger partial charge in [0.25, 0.3) is 11.1 Å². The molecule has 0 N–H and O–H groups in total. The summed E-state index contributed by atoms with van der Waals surface area (Å²) in [6.45, 7) is 5.72. The average Bonchev–Trinajstić information content (AvgIpc) is 3.30. The number of ether oxygens (including phenoxy) is 2. The van der Waals surface area contributed by atoms with Gasteiger partial charge >= 0.3 is 0 Å². The predicted octanol–water partition coefficient (Wildman–Crippen LogP) is 3.80. The zero-order chi connectivity index (χ0) is 21.0. The summed E-state index contributed by atoms with van der Waals surface area (Å²) in [6.07, 6.45) is 3.45. The first-order valence-electron chi connectivity index (χ1n) is 9.56. The summed E-state index contributed by atoms with van der Waals surface area (Å²) in [6, 6.07) is 3.31. The van der Waals surface area contributed by atoms with E-state index < -0.39 is 11.1 Å². The zero-order valence-electron chi connectivity index (χ0n) is 16.4. The quantitative estimate of drug-likeness (QED) is 0.603. The van der Waals surface area contributed by atoms with Crippen LogP contribution in [0.1, 0.15) is 32.3 Å². The van der Waals surface area contributed by atoms with Gasteiger partial charge in [-0.05, 0) is 56.2 Å². The Bertz CT molecular complexity index is 852. The molecule has 2 aliphatic rings. The maximum Gasteiger partial charge on any atom is 0.294 e. The van der Waals surface area contributed by atoms with Gasteiger partial charge in [-0.1, -0.05) is 11.6 Å². The van der Waals surface area contributed by atoms with Crippen LogP contribution in [0, 0.1) is 0 Å². The van der Waals surface area contributed by atoms with E-state index in [0.717, 1.165) is 29.5 Å². The van der Waals surface area contributed by atoms with E-state index >= 15 is 0 Å². The molecule has 156 valence electrons. The van der Waals surface area contributed by atoms with Crippen LogP contribution in [-0.4, -0.2) is 59.7 Å². The van der Waals surface area contributed by atoms with Crippen molar-refractivity contribution < 1.29 is 23.9 Å². The van der Waals surface area contributed by atoms with Crippen molar-refractivity contribution >= 4 is 46.5 Å². The molecule has 2 aliphatic heterocycles. The highest BCUT2D eigenvalue weighted by Gasteiger charge is 2.37. The summed E-state index contributed by atoms with van der Waals surface area (Å²) in [4.78, 5) is 40.2. The molecule has 2 saturated heterocycles. The molecule has 1 aromatic rings. The van der Waals surface area contributed by atoms with Gasteiger partial charge in [-0.25, -0.2) is 0 Å². The van der Waals surface area contributed by atoms with E-state index in [1.54, 1.807) is 23.1 Å². The second-order valence-electron chi connectivity index (χ2n) is 6.54. The lowest BCUT2D eigenvalue weighted by molar-refractivity contribution is -0.135. The molecule has 7 nitrogen and oxygen atoms in total. The molecule has 29 heavy (non-hydrogen) atoms. The standard InChI is InChI=1S/C20H23ClN2O5S/c1-3-27-15-9-13(14(21)11-16(15)28-4-2)10-17-19(25)23(20(26)29-17)12-18(24)22-7-5-6-8-22/h9-11H,3-8,12H2,1-2H3/b17-10+. The lowest BCUT2D eigenvalue weighted by atomic mass is 10.1. The summed E-state index contributed by atoms with van der Waals surface area (Å²) < 4.78 is 11.1. The number of thioether (sulfide) groups is 1. The largest absolute Gasteiger partial charge is 0.490 e. The number of imide groups is 1. The van der Waals surface area contributed by atoms with E-state index in [1.165, 1.54) is 0 Å². The summed E-state index contributed by atoms with van der Waals surface area (Å²) in [5, 5.41) is -0.0854. The van der Waals surface area contributed by atoms with Crippen molar-refractivity contribution in [3.8, 4) is 11.5 Å². The Morgan fingerprint density at radius 3 is 2.38 bits per heavy atom. The second kappa shape index (κ2) is 9.54. The second-order valence-corrected chi connectivity index (χ2v) is 7.94. The number of halogens is 1. The molecule has 0 radical (unpaired) electrons. The Morgan fingerprint density at radius 1 is 1.14 bits per heavy atom. The fourth-order valence-electron chi connectivity index (χ4n) is 3.18. The van der Waals surface area contributed by atoms with Crippen LogP contribution in [0.5, 0.6) is 11.5 Å². The average molecular weight is 439 g/mol. The van der Waals surface area contributed by atoms with Crippen LogP contribution < -0.4 is 9.47 Å². The van der Waals surface area contributed by atoms with Crippen molar-refractivity contribution in [3.63, 3.8) is 0 Å². The molecule has 3 rings (SSSR count). The monoisotopic (exact) mass is 438 g/mol. The maximum atomic E-state index is 12.7. The van der Waals surface area contributed by atoms with Crippen molar-refractivity contribution in [2.24, 2.45) is 0 Å². The fraction of sp³-hybridized carbons (Fsp3) is 0.450. The molecular formula is C20H23ClN2O5S. The Hall–Kier alpha value is -2.19. The van der Waals surface area contributed by atoms with Crippen LogP contribution in [0.25, 0.3) is 6.08 Å². The topological polar surface area (TPSA) is 76.2 Å². The van der Waals surface area contributed by atoms with Gasteiger partial charge in [-0.3, -0.25) is 19.3 Å². The van der Waals surface area contributed by atoms with E-state index in [1.807, 2.05) is 13.8 Å². The summed E-state index contributed by atoms with van der Waals surface area (Å²) in [5.41, 5.74) is 0.537. The number of carbonyl (C=O) groups excluding carboxylic acids is 3. The van der Waals surface area contributed by atoms with Crippen LogP contribution in [0.4, 0.5) is 4.79 Å². The van der Waals surface area contributed by atoms with Crippen LogP contribution >= 0.6 is 23.4 Å². The van der Waals surface area contributed by atoms with Gasteiger partial charge < -0.3 is 14.4 Å². The number of likely N-dealkylation sites (tertiary alicyclic amines) is 1. The molecule has 3 amide bonds. The molecule has 0 aromatic heterocycles. The van der Waals surface area contributed by atoms with E-state index in [4.69, 9.17) is 21.1 Å². The third-order valence-corrected chi connectivity index (χ3v) is 5.81. The number of nitrogens with zero attached hydrogens (tertiary/aromatic N) is 2. The smallest absolute Gasteiger partial charge is 0.294 e. The number of amides is 3. The molecule has 0 aliphatic carbocycles. The highest BCUT2D eigenvalue weighted by Crippen LogP contribution is 2.38. The third-order valence-electron chi connectivity index (χ3n) is 4.58. The molecule has 1 aromatic carbocycles. The van der Waals surface area contributed by atoms with E-state index in [9.17, 15) is 14.4 Å². The third kappa shape index (κ3) is 4.87. The Kier molecular flexibility index (Phi) is 7.08. The first-order valence-corrected chi connectivity index (χ1v) is 10.8. The van der Waals surface area contributed by atoms with Crippen molar-refractivity contribution in [2.45, 2.75) is 26.7 Å². The summed E-state index contributed by atoms with van der Waals surface area (Å²) in [7, 11) is 0. The number of rotatable bonds is 7. The Morgan fingerprint density at radius 2 is 1.76 bits per heavy atom. The Labute approximate surface area is 178 Å². The minimum absolute atomic E-state index is 0.205. The molecule has 2 heterocycles. The molecule has 0 bridgehead atoms. The molecular weight excluding hydrogens is 416 g/mol. The predicted molar refractivity (Wildman–Crippen MR) is 112 cm³/mol. The van der Waals surface area contributed by atoms with Gasteiger partial charge in [0.1, 0.15) is 6.54 Å². The maximum absolute atomic E-state index is 12.7. The lowest BCUT2D eigenvalue weighted by Crippen LogP contribution is -2.40. The number of carbonyl (C=O) groups is 3. The highest BCUT2D eigenvalue weighted by molar-refractivity contribution is 8.18. The minimum atomic E-state index is -0.490. The van der Waals surface area contributed by atoms with E-state index in [2.05, 4.69) is 0 Å². The van der Waals surface area contributed by atoms with Gasteiger partial charge in [0, 0.05) is 19.2 Å². The lowest BCUT2D eigenvalue weighted by Gasteiger charge is -2.18. The van der Waals surface area contributed by atoms with Gasteiger partial charge in [-0.15, -0.1) is 0 Å². The van der Waals surface area contributed by atoms with Crippen LogP contribution in [0.3, 0.4) is 0 Å². The van der Waals surface area contributed by atoms with Crippen LogP contribution in [0.15, 0.2) is 17.0 Å². The summed E-state index contributed by atoms with van der Waals surface area (Å²) in [5.74, 6) is 0.327. The molecule has 2 fully saturated rings. The van der Waals surface area contributed by atoms with Gasteiger partial charge in [0.05, 0.1) is 23.1 Å².